The standard InChI is InChI=1S/C17H18N2O4/c1-23-15-8-7-12(9-13(15)18)17(22)19-14(10-16(20)21)11-5-3-2-4-6-11/h2-9,14H,10,18H2,1H3,(H,19,22)(H,20,21)/t14-/m0/s1. The average molecular weight is 314 g/mol. The number of nitrogens with two attached hydrogens (primary N) is 1. The second-order valence-electron chi connectivity index (χ2n) is 4.99. The van der Waals surface area contributed by atoms with Crippen LogP contribution in [0.15, 0.2) is 48.5 Å². The topological polar surface area (TPSA) is 102 Å². The minimum absolute atomic E-state index is 0.207. The number of nitrogens with one attached hydrogen (secondary N) is 1. The number of hydrogen-bond acceptors (Lipinski definition) is 4. The van der Waals surface area contributed by atoms with Crippen molar-refractivity contribution in [2.75, 3.05) is 12.8 Å². The molecule has 0 saturated heterocycles. The van der Waals surface area contributed by atoms with E-state index in [0.29, 0.717) is 17.0 Å². The molecule has 23 heavy (non-hydrogen) atoms. The van der Waals surface area contributed by atoms with Crippen molar-refractivity contribution in [2.24, 2.45) is 0 Å². The van der Waals surface area contributed by atoms with E-state index in [-0.39, 0.29) is 6.42 Å². The van der Waals surface area contributed by atoms with Gasteiger partial charge in [0, 0.05) is 5.56 Å². The van der Waals surface area contributed by atoms with Crippen LogP contribution in [0, 0.1) is 0 Å². The van der Waals surface area contributed by atoms with E-state index < -0.39 is 17.9 Å². The van der Waals surface area contributed by atoms with Crippen LogP contribution in [0.5, 0.6) is 5.75 Å². The van der Waals surface area contributed by atoms with E-state index in [9.17, 15) is 9.59 Å². The molecular weight excluding hydrogens is 296 g/mol. The number of aliphatic carboxylic acids is 1. The molecule has 120 valence electrons. The van der Waals surface area contributed by atoms with Crippen LogP contribution in [0.3, 0.4) is 0 Å². The number of carboxylic acids is 1. The highest BCUT2D eigenvalue weighted by molar-refractivity contribution is 5.96. The van der Waals surface area contributed by atoms with E-state index >= 15 is 0 Å². The van der Waals surface area contributed by atoms with Gasteiger partial charge in [-0.1, -0.05) is 30.3 Å². The molecule has 0 aliphatic rings. The third-order valence-electron chi connectivity index (χ3n) is 3.38. The first-order chi connectivity index (χ1) is 11.0. The minimum atomic E-state index is -0.992. The summed E-state index contributed by atoms with van der Waals surface area (Å²) in [5.41, 5.74) is 7.20. The lowest BCUT2D eigenvalue weighted by molar-refractivity contribution is -0.137. The van der Waals surface area contributed by atoms with E-state index in [1.807, 2.05) is 6.07 Å². The zero-order valence-electron chi connectivity index (χ0n) is 12.7. The van der Waals surface area contributed by atoms with Crippen LogP contribution in [0.4, 0.5) is 5.69 Å². The van der Waals surface area contributed by atoms with Gasteiger partial charge in [0.05, 0.1) is 25.3 Å². The molecule has 0 bridgehead atoms. The van der Waals surface area contributed by atoms with Gasteiger partial charge in [0.1, 0.15) is 5.75 Å². The summed E-state index contributed by atoms with van der Waals surface area (Å²) >= 11 is 0. The zero-order valence-corrected chi connectivity index (χ0v) is 12.7. The van der Waals surface area contributed by atoms with Crippen molar-refractivity contribution < 1.29 is 19.4 Å². The van der Waals surface area contributed by atoms with Gasteiger partial charge in [-0.25, -0.2) is 0 Å². The highest BCUT2D eigenvalue weighted by Gasteiger charge is 2.19. The number of hydrogen-bond donors (Lipinski definition) is 3. The Labute approximate surface area is 133 Å². The van der Waals surface area contributed by atoms with Crippen LogP contribution in [0.2, 0.25) is 0 Å². The second kappa shape index (κ2) is 7.31. The summed E-state index contributed by atoms with van der Waals surface area (Å²) in [6.07, 6.45) is -0.207. The smallest absolute Gasteiger partial charge is 0.305 e. The molecule has 0 unspecified atom stereocenters. The Morgan fingerprint density at radius 2 is 1.91 bits per heavy atom. The van der Waals surface area contributed by atoms with Crippen LogP contribution >= 0.6 is 0 Å². The fourth-order valence-corrected chi connectivity index (χ4v) is 2.23. The number of amides is 1. The highest BCUT2D eigenvalue weighted by atomic mass is 16.5. The van der Waals surface area contributed by atoms with Gasteiger partial charge in [0.25, 0.3) is 5.91 Å². The number of nitrogen functional groups attached to an aromatic ring is 1. The van der Waals surface area contributed by atoms with Crippen LogP contribution < -0.4 is 15.8 Å². The highest BCUT2D eigenvalue weighted by Crippen LogP contribution is 2.23. The van der Waals surface area contributed by atoms with Gasteiger partial charge in [0.15, 0.2) is 0 Å². The Bertz CT molecular complexity index is 701. The largest absolute Gasteiger partial charge is 0.495 e. The Morgan fingerprint density at radius 1 is 1.22 bits per heavy atom. The molecule has 6 heteroatoms. The van der Waals surface area contributed by atoms with Crippen molar-refractivity contribution in [2.45, 2.75) is 12.5 Å². The molecule has 0 radical (unpaired) electrons. The van der Waals surface area contributed by atoms with E-state index in [2.05, 4.69) is 5.32 Å². The molecule has 2 aromatic carbocycles. The molecule has 1 amide bonds. The van der Waals surface area contributed by atoms with Crippen LogP contribution in [0.1, 0.15) is 28.4 Å². The fourth-order valence-electron chi connectivity index (χ4n) is 2.23. The summed E-state index contributed by atoms with van der Waals surface area (Å²) < 4.78 is 5.05. The maximum Gasteiger partial charge on any atom is 0.305 e. The summed E-state index contributed by atoms with van der Waals surface area (Å²) in [4.78, 5) is 23.4. The number of methoxy groups -OCH3 is 1. The predicted molar refractivity (Wildman–Crippen MR) is 86.3 cm³/mol. The van der Waals surface area contributed by atoms with Gasteiger partial charge >= 0.3 is 5.97 Å². The molecule has 0 heterocycles. The molecule has 0 aliphatic carbocycles. The summed E-state index contributed by atoms with van der Waals surface area (Å²) in [6, 6.07) is 13.0. The maximum atomic E-state index is 12.4. The first-order valence-corrected chi connectivity index (χ1v) is 7.02. The predicted octanol–water partition coefficient (Wildman–Crippen LogP) is 2.22. The van der Waals surface area contributed by atoms with E-state index in [0.717, 1.165) is 5.56 Å². The van der Waals surface area contributed by atoms with E-state index in [1.165, 1.54) is 13.2 Å². The van der Waals surface area contributed by atoms with Gasteiger partial charge in [-0.05, 0) is 23.8 Å². The van der Waals surface area contributed by atoms with Crippen LogP contribution in [0.25, 0.3) is 0 Å². The molecule has 0 saturated carbocycles. The lowest BCUT2D eigenvalue weighted by atomic mass is 10.0. The quantitative estimate of drug-likeness (QED) is 0.710. The van der Waals surface area contributed by atoms with Gasteiger partial charge < -0.3 is 20.9 Å². The van der Waals surface area contributed by atoms with Crippen molar-refractivity contribution in [3.05, 3.63) is 59.7 Å². The SMILES string of the molecule is COc1ccc(C(=O)N[C@@H](CC(=O)O)c2ccccc2)cc1N. The monoisotopic (exact) mass is 314 g/mol. The van der Waals surface area contributed by atoms with Gasteiger partial charge in [-0.3, -0.25) is 9.59 Å². The molecule has 2 aromatic rings. The number of ether oxygens (including phenoxy) is 1. The Balaban J connectivity index is 2.20. The Morgan fingerprint density at radius 3 is 2.48 bits per heavy atom. The molecule has 6 nitrogen and oxygen atoms in total. The van der Waals surface area contributed by atoms with Gasteiger partial charge in [-0.15, -0.1) is 0 Å². The van der Waals surface area contributed by atoms with Gasteiger partial charge in [0.2, 0.25) is 0 Å². The van der Waals surface area contributed by atoms with Crippen molar-refractivity contribution in [1.82, 2.24) is 5.32 Å². The lowest BCUT2D eigenvalue weighted by Crippen LogP contribution is -2.30. The molecule has 4 N–H and O–H groups in total. The molecule has 2 rings (SSSR count). The third-order valence-corrected chi connectivity index (χ3v) is 3.38. The van der Waals surface area contributed by atoms with Crippen molar-refractivity contribution in [1.29, 1.82) is 0 Å². The zero-order chi connectivity index (χ0) is 16.8. The van der Waals surface area contributed by atoms with Crippen molar-refractivity contribution in [3.8, 4) is 5.75 Å². The van der Waals surface area contributed by atoms with E-state index in [1.54, 1.807) is 36.4 Å². The van der Waals surface area contributed by atoms with Crippen molar-refractivity contribution >= 4 is 17.6 Å². The average Bonchev–Trinajstić information content (AvgIpc) is 2.54. The molecule has 0 fully saturated rings. The first kappa shape index (κ1) is 16.4. The summed E-state index contributed by atoms with van der Waals surface area (Å²) in [5, 5.41) is 11.8. The van der Waals surface area contributed by atoms with Crippen molar-refractivity contribution in [3.63, 3.8) is 0 Å². The fraction of sp³-hybridized carbons (Fsp3) is 0.176. The first-order valence-electron chi connectivity index (χ1n) is 7.02. The van der Waals surface area contributed by atoms with E-state index in [4.69, 9.17) is 15.6 Å². The number of rotatable bonds is 6. The third kappa shape index (κ3) is 4.23. The lowest BCUT2D eigenvalue weighted by Gasteiger charge is -2.18. The molecular formula is C17H18N2O4. The van der Waals surface area contributed by atoms with Gasteiger partial charge in [-0.2, -0.15) is 0 Å². The minimum Gasteiger partial charge on any atom is -0.495 e. The summed E-state index contributed by atoms with van der Waals surface area (Å²) in [6.45, 7) is 0. The second-order valence-corrected chi connectivity index (χ2v) is 4.99. The number of carbonyl (C=O) groups excluding carboxylic acids is 1. The normalized spacial score (nSPS) is 11.5. The molecule has 0 aromatic heterocycles. The van der Waals surface area contributed by atoms with Crippen LogP contribution in [-0.4, -0.2) is 24.1 Å². The number of anilines is 1. The molecule has 1 atom stereocenters. The maximum absolute atomic E-state index is 12.4. The number of carbonyl (C=O) groups is 2. The summed E-state index contributed by atoms with van der Waals surface area (Å²) in [5.74, 6) is -0.908. The number of benzene rings is 2. The Kier molecular flexibility index (Phi) is 5.19. The Hall–Kier alpha value is -3.02. The summed E-state index contributed by atoms with van der Waals surface area (Å²) in [7, 11) is 1.49. The number of carboxylic acid groups (broad SMARTS) is 1. The molecule has 0 aliphatic heterocycles. The molecule has 0 spiro atoms. The van der Waals surface area contributed by atoms with Crippen LogP contribution in [-0.2, 0) is 4.79 Å².